The molecule has 0 saturated carbocycles. The number of benzene rings is 2. The molecule has 2 unspecified atom stereocenters. The maximum absolute atomic E-state index is 11.9. The zero-order valence-electron chi connectivity index (χ0n) is 17.4. The van der Waals surface area contributed by atoms with Gasteiger partial charge in [-0.05, 0) is 48.6 Å². The Hall–Kier alpha value is -2.33. The van der Waals surface area contributed by atoms with Crippen molar-refractivity contribution in [2.24, 2.45) is 5.92 Å². The van der Waals surface area contributed by atoms with Crippen molar-refractivity contribution in [3.63, 3.8) is 0 Å². The summed E-state index contributed by atoms with van der Waals surface area (Å²) in [4.78, 5) is 11.9. The quantitative estimate of drug-likeness (QED) is 0.207. The van der Waals surface area contributed by atoms with Gasteiger partial charge >= 0.3 is 5.97 Å². The molecule has 0 bridgehead atoms. The number of hydrogen-bond acceptors (Lipinski definition) is 4. The Labute approximate surface area is 168 Å². The van der Waals surface area contributed by atoms with Gasteiger partial charge in [-0.1, -0.05) is 58.0 Å². The molecule has 0 aliphatic rings. The average Bonchev–Trinajstić information content (AvgIpc) is 2.70. The minimum atomic E-state index is -0.348. The molecule has 2 atom stereocenters. The van der Waals surface area contributed by atoms with Crippen LogP contribution in [0.1, 0.15) is 58.4 Å². The molecule has 28 heavy (non-hydrogen) atoms. The van der Waals surface area contributed by atoms with E-state index in [1.807, 2.05) is 30.3 Å². The second-order valence-electron chi connectivity index (χ2n) is 7.37. The smallest absolute Gasteiger partial charge is 0.311 e. The van der Waals surface area contributed by atoms with Gasteiger partial charge in [0.25, 0.3) is 0 Å². The second-order valence-corrected chi connectivity index (χ2v) is 7.37. The summed E-state index contributed by atoms with van der Waals surface area (Å²) in [6.07, 6.45) is 1.67. The first-order chi connectivity index (χ1) is 13.5. The van der Waals surface area contributed by atoms with Crippen molar-refractivity contribution < 1.29 is 19.0 Å². The van der Waals surface area contributed by atoms with Crippen LogP contribution in [-0.2, 0) is 9.53 Å². The molecule has 4 nitrogen and oxygen atoms in total. The van der Waals surface area contributed by atoms with Gasteiger partial charge in [0.05, 0.1) is 6.61 Å². The lowest BCUT2D eigenvalue weighted by Gasteiger charge is -2.23. The lowest BCUT2D eigenvalue weighted by atomic mass is 9.99. The van der Waals surface area contributed by atoms with Gasteiger partial charge in [0.2, 0.25) is 6.29 Å². The van der Waals surface area contributed by atoms with Crippen LogP contribution in [0.5, 0.6) is 11.5 Å². The topological polar surface area (TPSA) is 44.8 Å². The van der Waals surface area contributed by atoms with E-state index >= 15 is 0 Å². The molecule has 2 rings (SSSR count). The van der Waals surface area contributed by atoms with E-state index in [9.17, 15) is 4.79 Å². The molecule has 0 saturated heterocycles. The molecule has 0 spiro atoms. The third-order valence-corrected chi connectivity index (χ3v) is 4.64. The zero-order chi connectivity index (χ0) is 20.4. The molecule has 0 fully saturated rings. The average molecular weight is 385 g/mol. The van der Waals surface area contributed by atoms with Crippen LogP contribution < -0.4 is 9.47 Å². The van der Waals surface area contributed by atoms with Gasteiger partial charge in [0, 0.05) is 12.3 Å². The number of hydrogen-bond donors (Lipinski definition) is 0. The number of rotatable bonds is 11. The Morgan fingerprint density at radius 3 is 2.21 bits per heavy atom. The Morgan fingerprint density at radius 1 is 0.929 bits per heavy atom. The highest BCUT2D eigenvalue weighted by molar-refractivity contribution is 5.72. The standard InChI is InChI=1S/C24H32O4/c1-5-19(4)20-13-15-22(16-14-20)28-24(18(2)3)26-17-9-12-23(25)27-21-10-7-6-8-11-21/h6-8,10-11,13-16,18-19,24H,5,9,12,17H2,1-4H3. The van der Waals surface area contributed by atoms with Crippen LogP contribution in [-0.4, -0.2) is 18.9 Å². The van der Waals surface area contributed by atoms with Crippen LogP contribution in [0.2, 0.25) is 0 Å². The predicted molar refractivity (Wildman–Crippen MR) is 112 cm³/mol. The summed E-state index contributed by atoms with van der Waals surface area (Å²) in [6.45, 7) is 8.97. The molecule has 0 N–H and O–H groups in total. The van der Waals surface area contributed by atoms with Gasteiger partial charge in [-0.25, -0.2) is 0 Å². The molecule has 0 aliphatic heterocycles. The third-order valence-electron chi connectivity index (χ3n) is 4.64. The molecule has 2 aromatic carbocycles. The lowest BCUT2D eigenvalue weighted by molar-refractivity contribution is -0.136. The van der Waals surface area contributed by atoms with Crippen LogP contribution in [0.15, 0.2) is 54.6 Å². The molecule has 2 aromatic rings. The molecule has 0 aromatic heterocycles. The minimum Gasteiger partial charge on any atom is -0.465 e. The van der Waals surface area contributed by atoms with Gasteiger partial charge in [-0.3, -0.25) is 4.79 Å². The van der Waals surface area contributed by atoms with Crippen molar-refractivity contribution in [3.05, 3.63) is 60.2 Å². The summed E-state index contributed by atoms with van der Waals surface area (Å²) in [6, 6.07) is 17.3. The number of carbonyl (C=O) groups excluding carboxylic acids is 1. The summed E-state index contributed by atoms with van der Waals surface area (Å²) in [7, 11) is 0. The Balaban J connectivity index is 1.76. The fourth-order valence-corrected chi connectivity index (χ4v) is 2.69. The van der Waals surface area contributed by atoms with Crippen LogP contribution in [0.4, 0.5) is 0 Å². The van der Waals surface area contributed by atoms with Gasteiger partial charge in [-0.15, -0.1) is 0 Å². The first-order valence-electron chi connectivity index (χ1n) is 10.1. The third kappa shape index (κ3) is 7.35. The molecule has 0 amide bonds. The van der Waals surface area contributed by atoms with Gasteiger partial charge in [0.15, 0.2) is 0 Å². The van der Waals surface area contributed by atoms with Gasteiger partial charge in [-0.2, -0.15) is 0 Å². The Bertz CT molecular complexity index is 694. The monoisotopic (exact) mass is 384 g/mol. The van der Waals surface area contributed by atoms with Crippen LogP contribution in [0.3, 0.4) is 0 Å². The predicted octanol–water partition coefficient (Wildman–Crippen LogP) is 5.96. The first kappa shape index (κ1) is 22.0. The van der Waals surface area contributed by atoms with Crippen molar-refractivity contribution >= 4 is 5.97 Å². The largest absolute Gasteiger partial charge is 0.465 e. The van der Waals surface area contributed by atoms with E-state index in [-0.39, 0.29) is 18.2 Å². The highest BCUT2D eigenvalue weighted by Gasteiger charge is 2.16. The fraction of sp³-hybridized carbons (Fsp3) is 0.458. The van der Waals surface area contributed by atoms with E-state index in [4.69, 9.17) is 14.2 Å². The van der Waals surface area contributed by atoms with Gasteiger partial charge < -0.3 is 14.2 Å². The second kappa shape index (κ2) is 11.5. The number of ether oxygens (including phenoxy) is 3. The summed E-state index contributed by atoms with van der Waals surface area (Å²) in [5.74, 6) is 1.86. The van der Waals surface area contributed by atoms with E-state index < -0.39 is 0 Å². The van der Waals surface area contributed by atoms with Crippen molar-refractivity contribution in [1.29, 1.82) is 0 Å². The van der Waals surface area contributed by atoms with Crippen LogP contribution in [0.25, 0.3) is 0 Å². The number of carbonyl (C=O) groups is 1. The van der Waals surface area contributed by atoms with Crippen molar-refractivity contribution in [3.8, 4) is 11.5 Å². The van der Waals surface area contributed by atoms with Crippen LogP contribution >= 0.6 is 0 Å². The Kier molecular flexibility index (Phi) is 9.02. The SMILES string of the molecule is CCC(C)c1ccc(OC(OCCCC(=O)Oc2ccccc2)C(C)C)cc1. The van der Waals surface area contributed by atoms with Gasteiger partial charge in [0.1, 0.15) is 11.5 Å². The lowest BCUT2D eigenvalue weighted by Crippen LogP contribution is -2.27. The molecular weight excluding hydrogens is 352 g/mol. The maximum atomic E-state index is 11.9. The first-order valence-corrected chi connectivity index (χ1v) is 10.1. The Morgan fingerprint density at radius 2 is 1.61 bits per heavy atom. The molecule has 0 radical (unpaired) electrons. The van der Waals surface area contributed by atoms with E-state index in [0.717, 1.165) is 12.2 Å². The van der Waals surface area contributed by atoms with Crippen molar-refractivity contribution in [2.75, 3.05) is 6.61 Å². The minimum absolute atomic E-state index is 0.200. The molecule has 4 heteroatoms. The zero-order valence-corrected chi connectivity index (χ0v) is 17.4. The van der Waals surface area contributed by atoms with E-state index in [1.165, 1.54) is 5.56 Å². The summed E-state index contributed by atoms with van der Waals surface area (Å²) in [5.41, 5.74) is 1.31. The molecule has 0 aliphatic carbocycles. The number of esters is 1. The van der Waals surface area contributed by atoms with Crippen molar-refractivity contribution in [2.45, 2.75) is 59.2 Å². The van der Waals surface area contributed by atoms with E-state index in [1.54, 1.807) is 12.1 Å². The molecule has 0 heterocycles. The summed E-state index contributed by atoms with van der Waals surface area (Å²) in [5, 5.41) is 0. The van der Waals surface area contributed by atoms with E-state index in [2.05, 4.69) is 39.8 Å². The normalized spacial score (nSPS) is 13.2. The molecule has 152 valence electrons. The summed E-state index contributed by atoms with van der Waals surface area (Å²) < 4.78 is 17.2. The maximum Gasteiger partial charge on any atom is 0.311 e. The summed E-state index contributed by atoms with van der Waals surface area (Å²) >= 11 is 0. The van der Waals surface area contributed by atoms with Crippen molar-refractivity contribution in [1.82, 2.24) is 0 Å². The number of para-hydroxylation sites is 1. The van der Waals surface area contributed by atoms with Crippen LogP contribution in [0, 0.1) is 5.92 Å². The fourth-order valence-electron chi connectivity index (χ4n) is 2.69. The van der Waals surface area contributed by atoms with E-state index in [0.29, 0.717) is 31.1 Å². The highest BCUT2D eigenvalue weighted by Crippen LogP contribution is 2.23. The highest BCUT2D eigenvalue weighted by atomic mass is 16.7. The molecular formula is C24H32O4.